The van der Waals surface area contributed by atoms with Gasteiger partial charge < -0.3 is 9.15 Å². The molecule has 8 heteroatoms. The average molecular weight is 338 g/mol. The topological polar surface area (TPSA) is 98.5 Å². The molecular formula is C15H18N2O5S. The van der Waals surface area contributed by atoms with Crippen molar-refractivity contribution in [1.82, 2.24) is 9.71 Å². The van der Waals surface area contributed by atoms with Crippen LogP contribution in [0.5, 0.6) is 0 Å². The predicted octanol–water partition coefficient (Wildman–Crippen LogP) is 1.86. The molecule has 2 rings (SSSR count). The number of oxazole rings is 1. The lowest BCUT2D eigenvalue weighted by Gasteiger charge is -2.11. The van der Waals surface area contributed by atoms with Crippen molar-refractivity contribution in [3.05, 3.63) is 46.7 Å². The first-order valence-electron chi connectivity index (χ1n) is 6.86. The van der Waals surface area contributed by atoms with Crippen LogP contribution in [-0.2, 0) is 21.3 Å². The molecular weight excluding hydrogens is 320 g/mol. The first kappa shape index (κ1) is 17.2. The van der Waals surface area contributed by atoms with Gasteiger partial charge in [-0.1, -0.05) is 6.07 Å². The highest BCUT2D eigenvalue weighted by Gasteiger charge is 2.21. The monoisotopic (exact) mass is 338 g/mol. The van der Waals surface area contributed by atoms with E-state index >= 15 is 0 Å². The zero-order valence-electron chi connectivity index (χ0n) is 13.3. The normalized spacial score (nSPS) is 11.5. The van der Waals surface area contributed by atoms with E-state index in [1.165, 1.54) is 25.3 Å². The molecule has 0 unspecified atom stereocenters. The number of carbonyl (C=O) groups excluding carboxylic acids is 1. The summed E-state index contributed by atoms with van der Waals surface area (Å²) in [6, 6.07) is 4.43. The molecule has 1 N–H and O–H groups in total. The maximum absolute atomic E-state index is 12.4. The van der Waals surface area contributed by atoms with Gasteiger partial charge in [0.2, 0.25) is 15.9 Å². The van der Waals surface area contributed by atoms with Gasteiger partial charge in [0.05, 0.1) is 29.8 Å². The molecule has 0 atom stereocenters. The van der Waals surface area contributed by atoms with E-state index in [4.69, 9.17) is 4.42 Å². The number of methoxy groups -OCH3 is 1. The van der Waals surface area contributed by atoms with Crippen molar-refractivity contribution in [2.45, 2.75) is 32.2 Å². The zero-order valence-corrected chi connectivity index (χ0v) is 14.2. The Labute approximate surface area is 134 Å². The molecule has 0 saturated heterocycles. The summed E-state index contributed by atoms with van der Waals surface area (Å²) in [5, 5.41) is 0. The van der Waals surface area contributed by atoms with E-state index in [0.717, 1.165) is 0 Å². The second kappa shape index (κ2) is 6.51. The lowest BCUT2D eigenvalue weighted by Crippen LogP contribution is -2.24. The van der Waals surface area contributed by atoms with Crippen molar-refractivity contribution in [3.8, 4) is 0 Å². The lowest BCUT2D eigenvalue weighted by atomic mass is 10.1. The molecule has 0 saturated carbocycles. The first-order chi connectivity index (χ1) is 10.8. The molecule has 0 aliphatic heterocycles. The van der Waals surface area contributed by atoms with E-state index in [0.29, 0.717) is 17.0 Å². The Morgan fingerprint density at radius 3 is 2.57 bits per heavy atom. The van der Waals surface area contributed by atoms with Crippen LogP contribution in [0.4, 0.5) is 0 Å². The number of esters is 1. The van der Waals surface area contributed by atoms with E-state index < -0.39 is 16.0 Å². The van der Waals surface area contributed by atoms with Gasteiger partial charge in [0.25, 0.3) is 0 Å². The van der Waals surface area contributed by atoms with E-state index in [1.807, 2.05) is 0 Å². The largest absolute Gasteiger partial charge is 0.465 e. The van der Waals surface area contributed by atoms with Crippen LogP contribution in [0.2, 0.25) is 0 Å². The summed E-state index contributed by atoms with van der Waals surface area (Å²) in [6.07, 6.45) is 0. The molecule has 1 aromatic carbocycles. The van der Waals surface area contributed by atoms with E-state index in [1.54, 1.807) is 20.8 Å². The molecule has 0 amide bonds. The van der Waals surface area contributed by atoms with Gasteiger partial charge in [-0.25, -0.2) is 22.9 Å². The van der Waals surface area contributed by atoms with Crippen molar-refractivity contribution >= 4 is 16.0 Å². The fraction of sp³-hybridized carbons (Fsp3) is 0.333. The Morgan fingerprint density at radius 2 is 2.00 bits per heavy atom. The number of nitrogens with zero attached hydrogens (tertiary/aromatic N) is 1. The number of aryl methyl sites for hydroxylation is 2. The lowest BCUT2D eigenvalue weighted by molar-refractivity contribution is 0.0599. The number of hydrogen-bond acceptors (Lipinski definition) is 6. The number of hydrogen-bond donors (Lipinski definition) is 1. The van der Waals surface area contributed by atoms with Gasteiger partial charge in [-0.15, -0.1) is 0 Å². The van der Waals surface area contributed by atoms with Gasteiger partial charge in [-0.05, 0) is 38.5 Å². The molecule has 0 spiro atoms. The van der Waals surface area contributed by atoms with Crippen molar-refractivity contribution in [1.29, 1.82) is 0 Å². The average Bonchev–Trinajstić information content (AvgIpc) is 2.83. The summed E-state index contributed by atoms with van der Waals surface area (Å²) < 4.78 is 37.3. The Hall–Kier alpha value is -2.19. The number of nitrogens with one attached hydrogen (secondary N) is 1. The maximum atomic E-state index is 12.4. The Kier molecular flexibility index (Phi) is 4.86. The van der Waals surface area contributed by atoms with Crippen LogP contribution in [0, 0.1) is 20.8 Å². The van der Waals surface area contributed by atoms with Crippen LogP contribution < -0.4 is 4.72 Å². The number of ether oxygens (including phenoxy) is 1. The first-order valence-corrected chi connectivity index (χ1v) is 8.35. The standard InChI is InChI=1S/C15H18N2O5S/c1-9-12(15(18)21-4)6-5-7-13(9)23(19,20)16-8-14-17-10(2)11(3)22-14/h5-7,16H,8H2,1-4H3. The molecule has 1 heterocycles. The van der Waals surface area contributed by atoms with Gasteiger partial charge in [0.1, 0.15) is 5.76 Å². The fourth-order valence-electron chi connectivity index (χ4n) is 2.09. The summed E-state index contributed by atoms with van der Waals surface area (Å²) in [5.41, 5.74) is 1.24. The van der Waals surface area contributed by atoms with E-state index in [2.05, 4.69) is 14.4 Å². The SMILES string of the molecule is COC(=O)c1cccc(S(=O)(=O)NCc2nc(C)c(C)o2)c1C. The van der Waals surface area contributed by atoms with Crippen LogP contribution >= 0.6 is 0 Å². The van der Waals surface area contributed by atoms with Gasteiger partial charge in [0.15, 0.2) is 0 Å². The zero-order chi connectivity index (χ0) is 17.2. The summed E-state index contributed by atoms with van der Waals surface area (Å²) in [4.78, 5) is 15.8. The van der Waals surface area contributed by atoms with Gasteiger partial charge in [0, 0.05) is 0 Å². The summed E-state index contributed by atoms with van der Waals surface area (Å²) in [5.74, 6) is 0.340. The minimum absolute atomic E-state index is 0.0143. The quantitative estimate of drug-likeness (QED) is 0.836. The van der Waals surface area contributed by atoms with Crippen LogP contribution in [0.1, 0.15) is 33.3 Å². The smallest absolute Gasteiger partial charge is 0.338 e. The number of carbonyl (C=O) groups is 1. The summed E-state index contributed by atoms with van der Waals surface area (Å²) in [7, 11) is -2.57. The van der Waals surface area contributed by atoms with Crippen molar-refractivity contribution in [3.63, 3.8) is 0 Å². The number of sulfonamides is 1. The van der Waals surface area contributed by atoms with Crippen LogP contribution in [0.15, 0.2) is 27.5 Å². The molecule has 0 radical (unpaired) electrons. The molecule has 0 aliphatic rings. The third-order valence-electron chi connectivity index (χ3n) is 3.47. The summed E-state index contributed by atoms with van der Waals surface area (Å²) >= 11 is 0. The van der Waals surface area contributed by atoms with Gasteiger partial charge in [-0.2, -0.15) is 0 Å². The predicted molar refractivity (Wildman–Crippen MR) is 82.5 cm³/mol. The molecule has 23 heavy (non-hydrogen) atoms. The maximum Gasteiger partial charge on any atom is 0.338 e. The van der Waals surface area contributed by atoms with E-state index in [9.17, 15) is 13.2 Å². The van der Waals surface area contributed by atoms with Crippen molar-refractivity contribution < 1.29 is 22.4 Å². The number of benzene rings is 1. The van der Waals surface area contributed by atoms with Crippen LogP contribution in [0.3, 0.4) is 0 Å². The third kappa shape index (κ3) is 3.59. The fourth-order valence-corrected chi connectivity index (χ4v) is 3.33. The van der Waals surface area contributed by atoms with Crippen molar-refractivity contribution in [2.24, 2.45) is 0 Å². The molecule has 0 fully saturated rings. The molecule has 1 aromatic heterocycles. The molecule has 2 aromatic rings. The molecule has 0 bridgehead atoms. The minimum Gasteiger partial charge on any atom is -0.465 e. The Bertz CT molecular complexity index is 820. The van der Waals surface area contributed by atoms with Crippen LogP contribution in [0.25, 0.3) is 0 Å². The second-order valence-electron chi connectivity index (χ2n) is 4.99. The van der Waals surface area contributed by atoms with Crippen molar-refractivity contribution in [2.75, 3.05) is 7.11 Å². The highest BCUT2D eigenvalue weighted by Crippen LogP contribution is 2.20. The van der Waals surface area contributed by atoms with Gasteiger partial charge in [-0.3, -0.25) is 0 Å². The highest BCUT2D eigenvalue weighted by molar-refractivity contribution is 7.89. The Balaban J connectivity index is 2.27. The molecule has 7 nitrogen and oxygen atoms in total. The number of rotatable bonds is 5. The second-order valence-corrected chi connectivity index (χ2v) is 6.73. The third-order valence-corrected chi connectivity index (χ3v) is 5.01. The molecule has 0 aliphatic carbocycles. The minimum atomic E-state index is -3.81. The Morgan fingerprint density at radius 1 is 1.30 bits per heavy atom. The van der Waals surface area contributed by atoms with E-state index in [-0.39, 0.29) is 22.9 Å². The highest BCUT2D eigenvalue weighted by atomic mass is 32.2. The molecule has 124 valence electrons. The summed E-state index contributed by atoms with van der Waals surface area (Å²) in [6.45, 7) is 5.02. The number of aromatic nitrogens is 1. The van der Waals surface area contributed by atoms with Gasteiger partial charge >= 0.3 is 5.97 Å². The van der Waals surface area contributed by atoms with Crippen LogP contribution in [-0.4, -0.2) is 26.5 Å².